The summed E-state index contributed by atoms with van der Waals surface area (Å²) in [6.45, 7) is 4.02. The van der Waals surface area contributed by atoms with Crippen LogP contribution in [0.15, 0.2) is 16.6 Å². The van der Waals surface area contributed by atoms with E-state index in [1.807, 2.05) is 19.9 Å². The van der Waals surface area contributed by atoms with Crippen molar-refractivity contribution in [3.05, 3.63) is 22.2 Å². The van der Waals surface area contributed by atoms with Crippen molar-refractivity contribution >= 4 is 15.9 Å². The highest BCUT2D eigenvalue weighted by Crippen LogP contribution is 2.47. The smallest absolute Gasteiger partial charge is 0.166 e. The van der Waals surface area contributed by atoms with Gasteiger partial charge in [-0.3, -0.25) is 0 Å². The summed E-state index contributed by atoms with van der Waals surface area (Å²) in [4.78, 5) is 0. The molecule has 4 heteroatoms. The van der Waals surface area contributed by atoms with E-state index in [0.717, 1.165) is 34.4 Å². The highest BCUT2D eigenvalue weighted by molar-refractivity contribution is 9.10. The van der Waals surface area contributed by atoms with E-state index in [4.69, 9.17) is 15.2 Å². The van der Waals surface area contributed by atoms with Gasteiger partial charge in [0.1, 0.15) is 0 Å². The van der Waals surface area contributed by atoms with Crippen LogP contribution in [0.3, 0.4) is 0 Å². The Morgan fingerprint density at radius 3 is 2.44 bits per heavy atom. The van der Waals surface area contributed by atoms with E-state index >= 15 is 0 Å². The van der Waals surface area contributed by atoms with Crippen LogP contribution in [0.5, 0.6) is 11.5 Å². The molecule has 1 aromatic carbocycles. The van der Waals surface area contributed by atoms with E-state index in [2.05, 4.69) is 22.0 Å². The SMILES string of the molecule is COc1cc(Br)cc(C2(N)CCC2)c1OC(C)C. The van der Waals surface area contributed by atoms with Crippen LogP contribution < -0.4 is 15.2 Å². The van der Waals surface area contributed by atoms with Crippen molar-refractivity contribution < 1.29 is 9.47 Å². The van der Waals surface area contributed by atoms with Gasteiger partial charge >= 0.3 is 0 Å². The Morgan fingerprint density at radius 1 is 1.33 bits per heavy atom. The average molecular weight is 314 g/mol. The molecule has 1 aliphatic carbocycles. The van der Waals surface area contributed by atoms with Crippen LogP contribution in [0.4, 0.5) is 0 Å². The summed E-state index contributed by atoms with van der Waals surface area (Å²) in [5.74, 6) is 1.53. The molecular formula is C14H20BrNO2. The first-order chi connectivity index (χ1) is 8.46. The first kappa shape index (κ1) is 13.7. The second kappa shape index (κ2) is 5.10. The number of benzene rings is 1. The third-order valence-corrected chi connectivity index (χ3v) is 3.83. The van der Waals surface area contributed by atoms with Gasteiger partial charge in [0.2, 0.25) is 0 Å². The highest BCUT2D eigenvalue weighted by Gasteiger charge is 2.38. The Balaban J connectivity index is 2.50. The topological polar surface area (TPSA) is 44.5 Å². The van der Waals surface area contributed by atoms with E-state index in [9.17, 15) is 0 Å². The first-order valence-electron chi connectivity index (χ1n) is 6.30. The second-order valence-corrected chi connectivity index (χ2v) is 6.08. The maximum atomic E-state index is 6.44. The molecule has 0 unspecified atom stereocenters. The zero-order chi connectivity index (χ0) is 13.3. The van der Waals surface area contributed by atoms with Gasteiger partial charge < -0.3 is 15.2 Å². The Hall–Kier alpha value is -0.740. The lowest BCUT2D eigenvalue weighted by atomic mass is 9.72. The van der Waals surface area contributed by atoms with E-state index in [-0.39, 0.29) is 11.6 Å². The normalized spacial score (nSPS) is 17.4. The van der Waals surface area contributed by atoms with Crippen LogP contribution in [0.2, 0.25) is 0 Å². The van der Waals surface area contributed by atoms with Crippen molar-refractivity contribution in [1.82, 2.24) is 0 Å². The molecule has 1 saturated carbocycles. The van der Waals surface area contributed by atoms with Gasteiger partial charge in [0.15, 0.2) is 11.5 Å². The molecule has 0 radical (unpaired) electrons. The molecule has 1 aromatic rings. The quantitative estimate of drug-likeness (QED) is 0.924. The molecule has 0 atom stereocenters. The molecule has 3 nitrogen and oxygen atoms in total. The monoisotopic (exact) mass is 313 g/mol. The second-order valence-electron chi connectivity index (χ2n) is 5.16. The molecule has 0 amide bonds. The molecule has 0 bridgehead atoms. The van der Waals surface area contributed by atoms with Crippen LogP contribution in [0.25, 0.3) is 0 Å². The molecule has 0 saturated heterocycles. The summed E-state index contributed by atoms with van der Waals surface area (Å²) in [6.07, 6.45) is 3.27. The number of nitrogens with two attached hydrogens (primary N) is 1. The third-order valence-electron chi connectivity index (χ3n) is 3.38. The summed E-state index contributed by atoms with van der Waals surface area (Å²) in [5, 5.41) is 0. The molecule has 0 spiro atoms. The maximum absolute atomic E-state index is 6.44. The van der Waals surface area contributed by atoms with Crippen molar-refractivity contribution in [2.24, 2.45) is 5.73 Å². The summed E-state index contributed by atoms with van der Waals surface area (Å²) < 4.78 is 12.3. The molecule has 0 heterocycles. The molecule has 0 aromatic heterocycles. The lowest BCUT2D eigenvalue weighted by molar-refractivity contribution is 0.201. The van der Waals surface area contributed by atoms with Gasteiger partial charge in [-0.2, -0.15) is 0 Å². The molecule has 0 aliphatic heterocycles. The molecule has 2 rings (SSSR count). The molecule has 2 N–H and O–H groups in total. The van der Waals surface area contributed by atoms with Crippen molar-refractivity contribution in [2.75, 3.05) is 7.11 Å². The number of halogens is 1. The van der Waals surface area contributed by atoms with Crippen molar-refractivity contribution in [3.63, 3.8) is 0 Å². The minimum Gasteiger partial charge on any atom is -0.493 e. The van der Waals surface area contributed by atoms with Crippen LogP contribution in [-0.4, -0.2) is 13.2 Å². The third kappa shape index (κ3) is 2.50. The largest absolute Gasteiger partial charge is 0.493 e. The summed E-state index contributed by atoms with van der Waals surface area (Å²) in [5.41, 5.74) is 7.22. The van der Waals surface area contributed by atoms with Crippen molar-refractivity contribution in [2.45, 2.75) is 44.8 Å². The first-order valence-corrected chi connectivity index (χ1v) is 7.09. The lowest BCUT2D eigenvalue weighted by Gasteiger charge is -2.40. The zero-order valence-corrected chi connectivity index (χ0v) is 12.7. The number of hydrogen-bond acceptors (Lipinski definition) is 3. The molecule has 18 heavy (non-hydrogen) atoms. The summed E-state index contributed by atoms with van der Waals surface area (Å²) in [7, 11) is 1.66. The molecule has 1 aliphatic rings. The Labute approximate surface area is 117 Å². The van der Waals surface area contributed by atoms with Gasteiger partial charge in [0.05, 0.1) is 13.2 Å². The van der Waals surface area contributed by atoms with Gasteiger partial charge in [0.25, 0.3) is 0 Å². The van der Waals surface area contributed by atoms with E-state index in [1.54, 1.807) is 7.11 Å². The van der Waals surface area contributed by atoms with Crippen LogP contribution in [-0.2, 0) is 5.54 Å². The van der Waals surface area contributed by atoms with Crippen molar-refractivity contribution in [3.8, 4) is 11.5 Å². The van der Waals surface area contributed by atoms with E-state index < -0.39 is 0 Å². The zero-order valence-electron chi connectivity index (χ0n) is 11.1. The fourth-order valence-corrected chi connectivity index (χ4v) is 2.71. The van der Waals surface area contributed by atoms with Gasteiger partial charge in [-0.1, -0.05) is 15.9 Å². The minimum absolute atomic E-state index is 0.0995. The Morgan fingerprint density at radius 2 is 2.00 bits per heavy atom. The predicted octanol–water partition coefficient (Wildman–Crippen LogP) is 3.58. The minimum atomic E-state index is -0.263. The molecular weight excluding hydrogens is 294 g/mol. The standard InChI is InChI=1S/C14H20BrNO2/c1-9(2)18-13-11(14(16)5-4-6-14)7-10(15)8-12(13)17-3/h7-9H,4-6,16H2,1-3H3. The Kier molecular flexibility index (Phi) is 3.87. The lowest BCUT2D eigenvalue weighted by Crippen LogP contribution is -2.43. The van der Waals surface area contributed by atoms with E-state index in [0.29, 0.717) is 0 Å². The van der Waals surface area contributed by atoms with Gasteiger partial charge in [-0.05, 0) is 45.2 Å². The Bertz CT molecular complexity index is 442. The van der Waals surface area contributed by atoms with E-state index in [1.165, 1.54) is 6.42 Å². The number of hydrogen-bond donors (Lipinski definition) is 1. The summed E-state index contributed by atoms with van der Waals surface area (Å²) in [6, 6.07) is 3.97. The highest BCUT2D eigenvalue weighted by atomic mass is 79.9. The van der Waals surface area contributed by atoms with Gasteiger partial charge in [-0.25, -0.2) is 0 Å². The number of ether oxygens (including phenoxy) is 2. The van der Waals surface area contributed by atoms with Crippen LogP contribution in [0, 0.1) is 0 Å². The number of methoxy groups -OCH3 is 1. The molecule has 1 fully saturated rings. The predicted molar refractivity (Wildman–Crippen MR) is 76.2 cm³/mol. The summed E-state index contributed by atoms with van der Waals surface area (Å²) >= 11 is 3.51. The van der Waals surface area contributed by atoms with Crippen molar-refractivity contribution in [1.29, 1.82) is 0 Å². The van der Waals surface area contributed by atoms with Gasteiger partial charge in [0, 0.05) is 15.6 Å². The van der Waals surface area contributed by atoms with Crippen LogP contribution >= 0.6 is 15.9 Å². The number of rotatable bonds is 4. The fourth-order valence-electron chi connectivity index (χ4n) is 2.27. The average Bonchev–Trinajstić information content (AvgIpc) is 2.27. The maximum Gasteiger partial charge on any atom is 0.166 e. The van der Waals surface area contributed by atoms with Crippen LogP contribution in [0.1, 0.15) is 38.7 Å². The van der Waals surface area contributed by atoms with Gasteiger partial charge in [-0.15, -0.1) is 0 Å². The fraction of sp³-hybridized carbons (Fsp3) is 0.571. The molecule has 100 valence electrons.